The molecule has 1 aliphatic heterocycles. The van der Waals surface area contributed by atoms with Crippen molar-refractivity contribution in [1.82, 2.24) is 24.4 Å². The Morgan fingerprint density at radius 1 is 1.24 bits per heavy atom. The normalized spacial score (nSPS) is 17.8. The van der Waals surface area contributed by atoms with Gasteiger partial charge in [-0.15, -0.1) is 0 Å². The Morgan fingerprint density at radius 2 is 2.04 bits per heavy atom. The Bertz CT molecular complexity index is 869. The minimum atomic E-state index is -0.0442. The summed E-state index contributed by atoms with van der Waals surface area (Å²) in [6.07, 6.45) is 1.46. The number of thiazole rings is 1. The Morgan fingerprint density at radius 3 is 2.76 bits per heavy atom. The van der Waals surface area contributed by atoms with E-state index in [9.17, 15) is 5.11 Å². The fourth-order valence-electron chi connectivity index (χ4n) is 3.29. The van der Waals surface area contributed by atoms with E-state index in [1.165, 1.54) is 22.2 Å². The number of piperazine rings is 1. The maximum Gasteiger partial charge on any atom is 0.230 e. The van der Waals surface area contributed by atoms with Gasteiger partial charge in [-0.3, -0.25) is 4.90 Å². The van der Waals surface area contributed by atoms with E-state index in [-0.39, 0.29) is 11.9 Å². The van der Waals surface area contributed by atoms with Crippen molar-refractivity contribution in [2.75, 3.05) is 40.3 Å². The first-order chi connectivity index (χ1) is 12.2. The standard InChI is InChI=1S/C17H21N5O2S/c1-20-6-8-21(9-7-20)14(12-4-3-5-13(10-12)24-2)15-16(23)22-17(25-15)18-11-19-22/h3-5,10-11,14,23H,6-9H2,1-2H3. The molecule has 7 nitrogen and oxygen atoms in total. The predicted molar refractivity (Wildman–Crippen MR) is 96.4 cm³/mol. The number of rotatable bonds is 4. The van der Waals surface area contributed by atoms with Crippen molar-refractivity contribution in [2.45, 2.75) is 6.04 Å². The topological polar surface area (TPSA) is 66.1 Å². The van der Waals surface area contributed by atoms with Gasteiger partial charge in [0.05, 0.1) is 18.0 Å². The van der Waals surface area contributed by atoms with Gasteiger partial charge in [-0.05, 0) is 24.7 Å². The molecule has 0 spiro atoms. The van der Waals surface area contributed by atoms with E-state index in [0.717, 1.165) is 42.4 Å². The average Bonchev–Trinajstić information content (AvgIpc) is 3.21. The third kappa shape index (κ3) is 2.97. The van der Waals surface area contributed by atoms with Gasteiger partial charge in [0.15, 0.2) is 0 Å². The first kappa shape index (κ1) is 16.3. The van der Waals surface area contributed by atoms with Crippen LogP contribution in [0.2, 0.25) is 0 Å². The number of nitrogens with zero attached hydrogens (tertiary/aromatic N) is 5. The maximum atomic E-state index is 10.7. The molecule has 1 aromatic carbocycles. The van der Waals surface area contributed by atoms with Gasteiger partial charge in [0, 0.05) is 26.2 Å². The number of likely N-dealkylation sites (N-methyl/N-ethyl adjacent to an activating group) is 1. The van der Waals surface area contributed by atoms with Crippen LogP contribution >= 0.6 is 11.3 Å². The minimum Gasteiger partial charge on any atom is -0.497 e. The number of hydrogen-bond donors (Lipinski definition) is 1. The van der Waals surface area contributed by atoms with Crippen molar-refractivity contribution < 1.29 is 9.84 Å². The minimum absolute atomic E-state index is 0.0442. The van der Waals surface area contributed by atoms with Crippen LogP contribution in [0, 0.1) is 0 Å². The van der Waals surface area contributed by atoms with E-state index in [1.807, 2.05) is 18.2 Å². The lowest BCUT2D eigenvalue weighted by atomic mass is 10.0. The van der Waals surface area contributed by atoms with Gasteiger partial charge in [0.1, 0.15) is 12.1 Å². The molecule has 1 saturated heterocycles. The third-order valence-corrected chi connectivity index (χ3v) is 5.79. The summed E-state index contributed by atoms with van der Waals surface area (Å²) in [7, 11) is 3.81. The molecule has 0 amide bonds. The van der Waals surface area contributed by atoms with Crippen molar-refractivity contribution in [3.05, 3.63) is 41.0 Å². The molecule has 132 valence electrons. The molecule has 0 radical (unpaired) electrons. The van der Waals surface area contributed by atoms with E-state index < -0.39 is 0 Å². The van der Waals surface area contributed by atoms with Crippen molar-refractivity contribution in [1.29, 1.82) is 0 Å². The van der Waals surface area contributed by atoms with E-state index in [1.54, 1.807) is 7.11 Å². The number of methoxy groups -OCH3 is 1. The zero-order valence-corrected chi connectivity index (χ0v) is 15.1. The Balaban J connectivity index is 1.80. The lowest BCUT2D eigenvalue weighted by Crippen LogP contribution is -2.46. The molecule has 4 rings (SSSR count). The molecule has 0 bridgehead atoms. The summed E-state index contributed by atoms with van der Waals surface area (Å²) < 4.78 is 6.91. The SMILES string of the molecule is COc1cccc(C(c2sc3ncnn3c2O)N2CCN(C)CC2)c1. The molecular weight excluding hydrogens is 338 g/mol. The fourth-order valence-corrected chi connectivity index (χ4v) is 4.38. The summed E-state index contributed by atoms with van der Waals surface area (Å²) >= 11 is 1.48. The van der Waals surface area contributed by atoms with Crippen molar-refractivity contribution in [2.24, 2.45) is 0 Å². The van der Waals surface area contributed by atoms with Gasteiger partial charge in [-0.25, -0.2) is 4.98 Å². The Labute approximate surface area is 150 Å². The van der Waals surface area contributed by atoms with E-state index in [4.69, 9.17) is 4.74 Å². The van der Waals surface area contributed by atoms with Crippen LogP contribution in [0.5, 0.6) is 11.6 Å². The molecule has 0 saturated carbocycles. The van der Waals surface area contributed by atoms with Gasteiger partial charge in [0.2, 0.25) is 10.8 Å². The first-order valence-electron chi connectivity index (χ1n) is 8.25. The highest BCUT2D eigenvalue weighted by Crippen LogP contribution is 2.40. The van der Waals surface area contributed by atoms with Crippen LogP contribution in [-0.4, -0.2) is 69.8 Å². The van der Waals surface area contributed by atoms with Gasteiger partial charge in [0.25, 0.3) is 0 Å². The fraction of sp³-hybridized carbons (Fsp3) is 0.412. The number of benzene rings is 1. The molecule has 0 aliphatic carbocycles. The summed E-state index contributed by atoms with van der Waals surface area (Å²) in [5.74, 6) is 0.986. The molecule has 1 N–H and O–H groups in total. The van der Waals surface area contributed by atoms with Crippen LogP contribution in [0.4, 0.5) is 0 Å². The second-order valence-corrected chi connectivity index (χ2v) is 7.27. The molecule has 1 atom stereocenters. The number of aromatic nitrogens is 3. The highest BCUT2D eigenvalue weighted by atomic mass is 32.1. The average molecular weight is 359 g/mol. The molecule has 1 fully saturated rings. The van der Waals surface area contributed by atoms with Crippen molar-refractivity contribution in [3.63, 3.8) is 0 Å². The smallest absolute Gasteiger partial charge is 0.230 e. The zero-order chi connectivity index (χ0) is 17.4. The third-order valence-electron chi connectivity index (χ3n) is 4.70. The lowest BCUT2D eigenvalue weighted by Gasteiger charge is -2.37. The van der Waals surface area contributed by atoms with Crippen LogP contribution in [-0.2, 0) is 0 Å². The number of hydrogen-bond acceptors (Lipinski definition) is 7. The summed E-state index contributed by atoms with van der Waals surface area (Å²) in [5, 5.41) is 14.8. The van der Waals surface area contributed by atoms with Crippen molar-refractivity contribution in [3.8, 4) is 11.6 Å². The lowest BCUT2D eigenvalue weighted by molar-refractivity contribution is 0.127. The second-order valence-electron chi connectivity index (χ2n) is 6.26. The summed E-state index contributed by atoms with van der Waals surface area (Å²) in [6, 6.07) is 8.01. The molecular formula is C17H21N5O2S. The number of ether oxygens (including phenoxy) is 1. The largest absolute Gasteiger partial charge is 0.497 e. The second kappa shape index (κ2) is 6.62. The van der Waals surface area contributed by atoms with E-state index >= 15 is 0 Å². The maximum absolute atomic E-state index is 10.7. The summed E-state index contributed by atoms with van der Waals surface area (Å²) in [4.78, 5) is 10.5. The van der Waals surface area contributed by atoms with E-state index in [2.05, 4.69) is 33.0 Å². The zero-order valence-electron chi connectivity index (χ0n) is 14.3. The molecule has 3 heterocycles. The molecule has 1 aliphatic rings. The van der Waals surface area contributed by atoms with Crippen LogP contribution in [0.15, 0.2) is 30.6 Å². The molecule has 8 heteroatoms. The van der Waals surface area contributed by atoms with Crippen LogP contribution in [0.3, 0.4) is 0 Å². The summed E-state index contributed by atoms with van der Waals surface area (Å²) in [5.41, 5.74) is 1.10. The van der Waals surface area contributed by atoms with Gasteiger partial charge in [-0.2, -0.15) is 9.61 Å². The molecule has 3 aromatic rings. The van der Waals surface area contributed by atoms with Gasteiger partial charge >= 0.3 is 0 Å². The van der Waals surface area contributed by atoms with Gasteiger partial charge in [-0.1, -0.05) is 23.5 Å². The van der Waals surface area contributed by atoms with Gasteiger partial charge < -0.3 is 14.7 Å². The Kier molecular flexibility index (Phi) is 4.32. The molecule has 1 unspecified atom stereocenters. The highest BCUT2D eigenvalue weighted by molar-refractivity contribution is 7.17. The molecule has 2 aromatic heterocycles. The summed E-state index contributed by atoms with van der Waals surface area (Å²) in [6.45, 7) is 3.88. The van der Waals surface area contributed by atoms with Crippen LogP contribution < -0.4 is 4.74 Å². The van der Waals surface area contributed by atoms with Crippen molar-refractivity contribution >= 4 is 16.3 Å². The number of aromatic hydroxyl groups is 1. The monoisotopic (exact) mass is 359 g/mol. The van der Waals surface area contributed by atoms with Crippen LogP contribution in [0.1, 0.15) is 16.5 Å². The Hall–Kier alpha value is -2.16. The predicted octanol–water partition coefficient (Wildman–Crippen LogP) is 1.84. The van der Waals surface area contributed by atoms with E-state index in [0.29, 0.717) is 4.96 Å². The quantitative estimate of drug-likeness (QED) is 0.767. The highest BCUT2D eigenvalue weighted by Gasteiger charge is 2.31. The first-order valence-corrected chi connectivity index (χ1v) is 9.07. The van der Waals surface area contributed by atoms with Crippen LogP contribution in [0.25, 0.3) is 4.96 Å². The molecule has 25 heavy (non-hydrogen) atoms. The number of fused-ring (bicyclic) bond motifs is 1.